The van der Waals surface area contributed by atoms with E-state index in [9.17, 15) is 5.11 Å². The van der Waals surface area contributed by atoms with Crippen molar-refractivity contribution in [3.63, 3.8) is 0 Å². The molecule has 65 valence electrons. The molecule has 0 fully saturated rings. The molecular formula is C10H13O2. The van der Waals surface area contributed by atoms with Crippen molar-refractivity contribution in [3.8, 4) is 11.5 Å². The Kier molecular flexibility index (Phi) is 2.58. The zero-order valence-corrected chi connectivity index (χ0v) is 7.33. The normalized spacial score (nSPS) is 10.6. The maximum atomic E-state index is 9.37. The third-order valence-corrected chi connectivity index (χ3v) is 1.61. The average Bonchev–Trinajstić information content (AvgIpc) is 1.94. The molecule has 1 aromatic rings. The first-order valence-electron chi connectivity index (χ1n) is 3.89. The summed E-state index contributed by atoms with van der Waals surface area (Å²) in [4.78, 5) is 0. The molecule has 1 rings (SSSR count). The molecule has 2 nitrogen and oxygen atoms in total. The van der Waals surface area contributed by atoms with E-state index in [0.717, 1.165) is 12.0 Å². The van der Waals surface area contributed by atoms with Gasteiger partial charge in [0.05, 0.1) is 0 Å². The molecule has 0 unspecified atom stereocenters. The van der Waals surface area contributed by atoms with Crippen LogP contribution in [-0.4, -0.2) is 10.2 Å². The Labute approximate surface area is 72.5 Å². The number of phenolic OH excluding ortho intramolecular Hbond substituents is 2. The molecule has 12 heavy (non-hydrogen) atoms. The van der Waals surface area contributed by atoms with Crippen molar-refractivity contribution >= 4 is 0 Å². The van der Waals surface area contributed by atoms with Crippen LogP contribution in [-0.2, 0) is 6.42 Å². The number of aromatic hydroxyl groups is 2. The molecule has 2 heteroatoms. The molecule has 0 aliphatic carbocycles. The van der Waals surface area contributed by atoms with Gasteiger partial charge in [-0.15, -0.1) is 0 Å². The highest BCUT2D eigenvalue weighted by molar-refractivity contribution is 5.39. The van der Waals surface area contributed by atoms with Crippen LogP contribution in [0.1, 0.15) is 19.4 Å². The summed E-state index contributed by atoms with van der Waals surface area (Å²) in [5, 5.41) is 18.4. The van der Waals surface area contributed by atoms with Gasteiger partial charge in [-0.25, -0.2) is 0 Å². The summed E-state index contributed by atoms with van der Waals surface area (Å²) in [5.74, 6) is 1.50. The van der Waals surface area contributed by atoms with Crippen LogP contribution < -0.4 is 0 Å². The van der Waals surface area contributed by atoms with Gasteiger partial charge in [0.2, 0.25) is 0 Å². The van der Waals surface area contributed by atoms with Gasteiger partial charge in [0.1, 0.15) is 11.5 Å². The molecule has 1 aromatic carbocycles. The standard InChI is InChI=1S/C10H13O2/c1-7(2)5-8-3-4-9(11)6-10(8)12/h3-4,6,11-12H,5H2,1-2H3. The highest BCUT2D eigenvalue weighted by Crippen LogP contribution is 2.24. The van der Waals surface area contributed by atoms with E-state index in [1.54, 1.807) is 12.1 Å². The van der Waals surface area contributed by atoms with Gasteiger partial charge >= 0.3 is 0 Å². The summed E-state index contributed by atoms with van der Waals surface area (Å²) in [6.07, 6.45) is 0.756. The van der Waals surface area contributed by atoms with Crippen LogP contribution in [0.2, 0.25) is 0 Å². The first-order valence-corrected chi connectivity index (χ1v) is 3.89. The van der Waals surface area contributed by atoms with Crippen molar-refractivity contribution in [1.29, 1.82) is 0 Å². The molecule has 0 amide bonds. The quantitative estimate of drug-likeness (QED) is 0.705. The van der Waals surface area contributed by atoms with Crippen LogP contribution >= 0.6 is 0 Å². The Balaban J connectivity index is 2.86. The minimum absolute atomic E-state index is 0.102. The third-order valence-electron chi connectivity index (χ3n) is 1.61. The molecule has 0 saturated carbocycles. The largest absolute Gasteiger partial charge is 0.508 e. The fraction of sp³-hybridized carbons (Fsp3) is 0.300. The van der Waals surface area contributed by atoms with Gasteiger partial charge in [-0.1, -0.05) is 19.9 Å². The highest BCUT2D eigenvalue weighted by atomic mass is 16.3. The van der Waals surface area contributed by atoms with Gasteiger partial charge in [0.25, 0.3) is 0 Å². The lowest BCUT2D eigenvalue weighted by Crippen LogP contribution is -1.91. The minimum Gasteiger partial charge on any atom is -0.508 e. The van der Waals surface area contributed by atoms with Crippen LogP contribution in [0.25, 0.3) is 0 Å². The van der Waals surface area contributed by atoms with E-state index in [4.69, 9.17) is 5.11 Å². The highest BCUT2D eigenvalue weighted by Gasteiger charge is 2.04. The first kappa shape index (κ1) is 8.91. The Morgan fingerprint density at radius 1 is 1.25 bits per heavy atom. The van der Waals surface area contributed by atoms with Crippen molar-refractivity contribution in [2.75, 3.05) is 0 Å². The summed E-state index contributed by atoms with van der Waals surface area (Å²) in [7, 11) is 0. The number of rotatable bonds is 2. The number of hydrogen-bond donors (Lipinski definition) is 2. The smallest absolute Gasteiger partial charge is 0.122 e. The van der Waals surface area contributed by atoms with Crippen LogP contribution in [0, 0.1) is 5.92 Å². The molecule has 0 atom stereocenters. The van der Waals surface area contributed by atoms with Crippen molar-refractivity contribution < 1.29 is 10.2 Å². The third kappa shape index (κ3) is 2.16. The van der Waals surface area contributed by atoms with Crippen molar-refractivity contribution in [2.45, 2.75) is 20.3 Å². The first-order chi connectivity index (χ1) is 5.59. The predicted octanol–water partition coefficient (Wildman–Crippen LogP) is 2.25. The van der Waals surface area contributed by atoms with E-state index in [0.29, 0.717) is 0 Å². The van der Waals surface area contributed by atoms with Gasteiger partial charge in [0, 0.05) is 6.07 Å². The predicted molar refractivity (Wildman–Crippen MR) is 48.1 cm³/mol. The molecule has 2 N–H and O–H groups in total. The molecule has 0 aliphatic rings. The Morgan fingerprint density at radius 2 is 1.92 bits per heavy atom. The van der Waals surface area contributed by atoms with Gasteiger partial charge in [-0.3, -0.25) is 0 Å². The van der Waals surface area contributed by atoms with E-state index in [1.807, 2.05) is 13.8 Å². The average molecular weight is 165 g/mol. The van der Waals surface area contributed by atoms with E-state index in [2.05, 4.69) is 0 Å². The summed E-state index contributed by atoms with van der Waals surface area (Å²) in [5.41, 5.74) is 0.854. The lowest BCUT2D eigenvalue weighted by atomic mass is 10.0. The van der Waals surface area contributed by atoms with Gasteiger partial charge in [0.15, 0.2) is 0 Å². The lowest BCUT2D eigenvalue weighted by molar-refractivity contribution is 0.446. The van der Waals surface area contributed by atoms with Crippen LogP contribution in [0.3, 0.4) is 0 Å². The summed E-state index contributed by atoms with van der Waals surface area (Å²) in [6.45, 7) is 4.01. The Morgan fingerprint density at radius 3 is 2.42 bits per heavy atom. The van der Waals surface area contributed by atoms with E-state index >= 15 is 0 Å². The second kappa shape index (κ2) is 3.48. The fourth-order valence-corrected chi connectivity index (χ4v) is 1.08. The number of hydrogen-bond acceptors (Lipinski definition) is 2. The molecule has 0 bridgehead atoms. The van der Waals surface area contributed by atoms with Crippen molar-refractivity contribution in [3.05, 3.63) is 29.7 Å². The molecule has 1 radical (unpaired) electrons. The molecule has 0 heterocycles. The molecule has 0 aromatic heterocycles. The maximum absolute atomic E-state index is 9.37. The van der Waals surface area contributed by atoms with Gasteiger partial charge < -0.3 is 10.2 Å². The fourth-order valence-electron chi connectivity index (χ4n) is 1.08. The van der Waals surface area contributed by atoms with Crippen molar-refractivity contribution in [2.24, 2.45) is 0 Å². The SMILES string of the molecule is C[C](C)Cc1ccc(O)cc1O. The minimum atomic E-state index is 0.102. The summed E-state index contributed by atoms with van der Waals surface area (Å²) >= 11 is 0. The lowest BCUT2D eigenvalue weighted by Gasteiger charge is -2.06. The zero-order chi connectivity index (χ0) is 9.14. The van der Waals surface area contributed by atoms with Crippen LogP contribution in [0.4, 0.5) is 0 Å². The summed E-state index contributed by atoms with van der Waals surface area (Å²) in [6, 6.07) is 4.67. The summed E-state index contributed by atoms with van der Waals surface area (Å²) < 4.78 is 0. The molecule has 0 saturated heterocycles. The monoisotopic (exact) mass is 165 g/mol. The van der Waals surface area contributed by atoms with Crippen LogP contribution in [0.5, 0.6) is 11.5 Å². The van der Waals surface area contributed by atoms with E-state index in [-0.39, 0.29) is 11.5 Å². The number of benzene rings is 1. The maximum Gasteiger partial charge on any atom is 0.122 e. The molecular weight excluding hydrogens is 152 g/mol. The van der Waals surface area contributed by atoms with Gasteiger partial charge in [-0.2, -0.15) is 0 Å². The Hall–Kier alpha value is -1.18. The second-order valence-electron chi connectivity index (χ2n) is 3.20. The van der Waals surface area contributed by atoms with E-state index < -0.39 is 0 Å². The van der Waals surface area contributed by atoms with Gasteiger partial charge in [-0.05, 0) is 24.0 Å². The number of phenols is 2. The topological polar surface area (TPSA) is 40.5 Å². The van der Waals surface area contributed by atoms with Crippen LogP contribution in [0.15, 0.2) is 18.2 Å². The Bertz CT molecular complexity index is 267. The second-order valence-corrected chi connectivity index (χ2v) is 3.20. The van der Waals surface area contributed by atoms with Crippen molar-refractivity contribution in [1.82, 2.24) is 0 Å². The van der Waals surface area contributed by atoms with E-state index in [1.165, 1.54) is 12.0 Å². The molecule has 0 spiro atoms. The molecule has 0 aliphatic heterocycles. The zero-order valence-electron chi connectivity index (χ0n) is 7.33.